The van der Waals surface area contributed by atoms with Crippen LogP contribution in [0.3, 0.4) is 0 Å². The van der Waals surface area contributed by atoms with Crippen LogP contribution in [0.5, 0.6) is 0 Å². The Morgan fingerprint density at radius 2 is 1.96 bits per heavy atom. The van der Waals surface area contributed by atoms with Crippen molar-refractivity contribution in [3.8, 4) is 0 Å². The largest absolute Gasteiger partial charge is 0.465 e. The fourth-order valence-corrected chi connectivity index (χ4v) is 5.67. The zero-order valence-corrected chi connectivity index (χ0v) is 17.0. The minimum absolute atomic E-state index is 0.00602. The highest BCUT2D eigenvalue weighted by molar-refractivity contribution is 7.92. The third kappa shape index (κ3) is 4.15. The van der Waals surface area contributed by atoms with Crippen LogP contribution in [0.25, 0.3) is 0 Å². The second kappa shape index (κ2) is 7.61. The summed E-state index contributed by atoms with van der Waals surface area (Å²) >= 11 is 11.8. The summed E-state index contributed by atoms with van der Waals surface area (Å²) in [5.41, 5.74) is -1.72. The van der Waals surface area contributed by atoms with Crippen LogP contribution in [0.15, 0.2) is 23.1 Å². The summed E-state index contributed by atoms with van der Waals surface area (Å²) in [6.45, 7) is 0.742. The third-order valence-corrected chi connectivity index (χ3v) is 7.24. The van der Waals surface area contributed by atoms with Gasteiger partial charge in [-0.15, -0.1) is 0 Å². The van der Waals surface area contributed by atoms with E-state index in [4.69, 9.17) is 32.1 Å². The maximum atomic E-state index is 13.0. The van der Waals surface area contributed by atoms with Gasteiger partial charge in [-0.1, -0.05) is 23.2 Å². The van der Waals surface area contributed by atoms with Crippen molar-refractivity contribution >= 4 is 49.1 Å². The summed E-state index contributed by atoms with van der Waals surface area (Å²) in [5, 5.41) is 1.30. The average Bonchev–Trinajstić information content (AvgIpc) is 2.44. The van der Waals surface area contributed by atoms with E-state index >= 15 is 0 Å². The van der Waals surface area contributed by atoms with Crippen LogP contribution in [-0.4, -0.2) is 54.2 Å². The standard InChI is InChI=1S/C14H17Cl2NO7S2/c1-3-23-13(18)14(8-24-25(2,19)20)7-17-12(14)26(21,22)11-5-4-9(15)6-10(11)16/h4-6,12,17H,3,7-8H2,1-2H3. The molecule has 146 valence electrons. The molecule has 0 amide bonds. The lowest BCUT2D eigenvalue weighted by Gasteiger charge is -2.46. The lowest BCUT2D eigenvalue weighted by atomic mass is 9.82. The van der Waals surface area contributed by atoms with E-state index in [0.717, 1.165) is 6.26 Å². The Labute approximate surface area is 161 Å². The van der Waals surface area contributed by atoms with Crippen LogP contribution >= 0.6 is 23.2 Å². The van der Waals surface area contributed by atoms with Crippen molar-refractivity contribution < 1.29 is 30.6 Å². The Bertz CT molecular complexity index is 917. The number of halogens is 2. The molecule has 1 aliphatic heterocycles. The number of hydrogen-bond donors (Lipinski definition) is 1. The number of nitrogens with one attached hydrogen (secondary N) is 1. The Hall–Kier alpha value is -0.910. The van der Waals surface area contributed by atoms with Crippen molar-refractivity contribution in [3.63, 3.8) is 0 Å². The molecule has 0 spiro atoms. The van der Waals surface area contributed by atoms with Crippen LogP contribution in [0.4, 0.5) is 0 Å². The molecule has 0 aliphatic carbocycles. The Morgan fingerprint density at radius 1 is 1.31 bits per heavy atom. The van der Waals surface area contributed by atoms with Gasteiger partial charge in [-0.2, -0.15) is 8.42 Å². The Balaban J connectivity index is 2.46. The van der Waals surface area contributed by atoms with Crippen molar-refractivity contribution in [1.29, 1.82) is 0 Å². The van der Waals surface area contributed by atoms with Crippen molar-refractivity contribution in [2.45, 2.75) is 17.2 Å². The number of ether oxygens (including phenoxy) is 1. The summed E-state index contributed by atoms with van der Waals surface area (Å²) in [5.74, 6) is -0.874. The molecule has 1 aromatic rings. The molecule has 0 saturated carbocycles. The van der Waals surface area contributed by atoms with Crippen molar-refractivity contribution in [3.05, 3.63) is 28.2 Å². The van der Waals surface area contributed by atoms with Crippen molar-refractivity contribution in [1.82, 2.24) is 5.32 Å². The molecule has 1 heterocycles. The smallest absolute Gasteiger partial charge is 0.318 e. The van der Waals surface area contributed by atoms with E-state index in [1.54, 1.807) is 6.92 Å². The minimum atomic E-state index is -4.17. The fourth-order valence-electron chi connectivity index (χ4n) is 2.52. The highest BCUT2D eigenvalue weighted by Gasteiger charge is 2.61. The van der Waals surface area contributed by atoms with Crippen molar-refractivity contribution in [2.24, 2.45) is 5.41 Å². The topological polar surface area (TPSA) is 116 Å². The van der Waals surface area contributed by atoms with Gasteiger partial charge in [0.05, 0.1) is 29.4 Å². The van der Waals surface area contributed by atoms with Crippen LogP contribution in [0.1, 0.15) is 6.92 Å². The number of carbonyl (C=O) groups excluding carboxylic acids is 1. The first-order valence-corrected chi connectivity index (χ1v) is 11.5. The van der Waals surface area contributed by atoms with Crippen LogP contribution < -0.4 is 5.32 Å². The number of carbonyl (C=O) groups is 1. The van der Waals surface area contributed by atoms with E-state index in [0.29, 0.717) is 0 Å². The van der Waals surface area contributed by atoms with Gasteiger partial charge >= 0.3 is 5.97 Å². The maximum absolute atomic E-state index is 13.0. The number of hydrogen-bond acceptors (Lipinski definition) is 8. The van der Waals surface area contributed by atoms with Crippen LogP contribution in [-0.2, 0) is 33.7 Å². The highest BCUT2D eigenvalue weighted by Crippen LogP contribution is 2.40. The van der Waals surface area contributed by atoms with Crippen LogP contribution in [0.2, 0.25) is 10.0 Å². The maximum Gasteiger partial charge on any atom is 0.318 e. The fraction of sp³-hybridized carbons (Fsp3) is 0.500. The first-order valence-electron chi connectivity index (χ1n) is 7.38. The molecule has 0 radical (unpaired) electrons. The molecule has 26 heavy (non-hydrogen) atoms. The van der Waals surface area contributed by atoms with E-state index < -0.39 is 43.3 Å². The second-order valence-corrected chi connectivity index (χ2v) is 10.2. The molecule has 0 bridgehead atoms. The van der Waals surface area contributed by atoms with Gasteiger partial charge in [0.15, 0.2) is 9.84 Å². The Kier molecular flexibility index (Phi) is 6.26. The van der Waals surface area contributed by atoms with Gasteiger partial charge in [0.1, 0.15) is 10.8 Å². The van der Waals surface area contributed by atoms with Gasteiger partial charge in [0, 0.05) is 11.6 Å². The van der Waals surface area contributed by atoms with E-state index in [9.17, 15) is 21.6 Å². The summed E-state index contributed by atoms with van der Waals surface area (Å²) in [4.78, 5) is 12.2. The van der Waals surface area contributed by atoms with E-state index in [1.165, 1.54) is 18.2 Å². The SMILES string of the molecule is CCOC(=O)C1(COS(C)(=O)=O)CNC1S(=O)(=O)c1ccc(Cl)cc1Cl. The first-order chi connectivity index (χ1) is 11.9. The van der Waals surface area contributed by atoms with Gasteiger partial charge < -0.3 is 4.74 Å². The molecular weight excluding hydrogens is 429 g/mol. The predicted octanol–water partition coefficient (Wildman–Crippen LogP) is 1.22. The summed E-state index contributed by atoms with van der Waals surface area (Å²) in [6, 6.07) is 3.82. The average molecular weight is 446 g/mol. The van der Waals surface area contributed by atoms with E-state index in [-0.39, 0.29) is 28.1 Å². The zero-order valence-electron chi connectivity index (χ0n) is 13.9. The zero-order chi connectivity index (χ0) is 19.8. The highest BCUT2D eigenvalue weighted by atomic mass is 35.5. The third-order valence-electron chi connectivity index (χ3n) is 3.83. The predicted molar refractivity (Wildman–Crippen MR) is 95.3 cm³/mol. The molecule has 1 N–H and O–H groups in total. The van der Waals surface area contributed by atoms with E-state index in [1.807, 2.05) is 0 Å². The molecule has 8 nitrogen and oxygen atoms in total. The molecule has 1 saturated heterocycles. The molecule has 12 heteroatoms. The number of sulfone groups is 1. The van der Waals surface area contributed by atoms with E-state index in [2.05, 4.69) is 5.32 Å². The first kappa shape index (κ1) is 21.4. The molecule has 2 unspecified atom stereocenters. The number of esters is 1. The van der Waals surface area contributed by atoms with Crippen molar-refractivity contribution in [2.75, 3.05) is 26.0 Å². The molecule has 2 rings (SSSR count). The Morgan fingerprint density at radius 3 is 2.42 bits per heavy atom. The summed E-state index contributed by atoms with van der Waals surface area (Å²) < 4.78 is 58.3. The molecular formula is C14H17Cl2NO7S2. The van der Waals surface area contributed by atoms with Gasteiger partial charge in [0.2, 0.25) is 0 Å². The van der Waals surface area contributed by atoms with Gasteiger partial charge in [0.25, 0.3) is 10.1 Å². The van der Waals surface area contributed by atoms with Gasteiger partial charge in [-0.05, 0) is 25.1 Å². The normalized spacial score (nSPS) is 23.3. The molecule has 2 atom stereocenters. The number of benzene rings is 1. The molecule has 1 aromatic carbocycles. The molecule has 1 aliphatic rings. The number of rotatable bonds is 7. The van der Waals surface area contributed by atoms with Gasteiger partial charge in [-0.3, -0.25) is 14.3 Å². The second-order valence-electron chi connectivity index (χ2n) is 5.72. The lowest BCUT2D eigenvalue weighted by Crippen LogP contribution is -2.71. The lowest BCUT2D eigenvalue weighted by molar-refractivity contribution is -0.162. The molecule has 1 fully saturated rings. The molecule has 0 aromatic heterocycles. The quantitative estimate of drug-likeness (QED) is 0.491. The summed E-state index contributed by atoms with van der Waals surface area (Å²) in [6.07, 6.45) is 0.803. The summed E-state index contributed by atoms with van der Waals surface area (Å²) in [7, 11) is -8.07. The van der Waals surface area contributed by atoms with Gasteiger partial charge in [-0.25, -0.2) is 8.42 Å². The van der Waals surface area contributed by atoms with Crippen LogP contribution in [0, 0.1) is 5.41 Å². The monoisotopic (exact) mass is 445 g/mol. The minimum Gasteiger partial charge on any atom is -0.465 e.